The highest BCUT2D eigenvalue weighted by molar-refractivity contribution is 5.68. The van der Waals surface area contributed by atoms with E-state index in [9.17, 15) is 35.9 Å². The SMILES string of the molecule is Nc1nc2c(c(=O)n1C(CCC(F)(F)F)c1ccccc1)CCN(C(=O)O[C@H]1CC[C@H](C(F)(F)F)CC1)C2. The van der Waals surface area contributed by atoms with Crippen LogP contribution < -0.4 is 11.3 Å². The lowest BCUT2D eigenvalue weighted by atomic mass is 9.87. The summed E-state index contributed by atoms with van der Waals surface area (Å²) in [6, 6.07) is 7.26. The summed E-state index contributed by atoms with van der Waals surface area (Å²) in [5, 5.41) is 0. The van der Waals surface area contributed by atoms with Crippen molar-refractivity contribution < 1.29 is 35.9 Å². The predicted octanol–water partition coefficient (Wildman–Crippen LogP) is 5.37. The second kappa shape index (κ2) is 10.9. The fraction of sp³-hybridized carbons (Fsp3) is 0.560. The van der Waals surface area contributed by atoms with Gasteiger partial charge in [-0.2, -0.15) is 26.3 Å². The lowest BCUT2D eigenvalue weighted by molar-refractivity contribution is -0.186. The largest absolute Gasteiger partial charge is 0.446 e. The summed E-state index contributed by atoms with van der Waals surface area (Å²) in [5.74, 6) is -1.67. The van der Waals surface area contributed by atoms with Crippen LogP contribution >= 0.6 is 0 Å². The Morgan fingerprint density at radius 3 is 2.34 bits per heavy atom. The molecule has 1 amide bonds. The molecule has 0 radical (unpaired) electrons. The van der Waals surface area contributed by atoms with Gasteiger partial charge in [0.1, 0.15) is 6.10 Å². The van der Waals surface area contributed by atoms with Crippen LogP contribution in [-0.2, 0) is 17.7 Å². The Morgan fingerprint density at radius 2 is 1.74 bits per heavy atom. The first-order chi connectivity index (χ1) is 17.8. The van der Waals surface area contributed by atoms with Gasteiger partial charge in [0.05, 0.1) is 24.2 Å². The van der Waals surface area contributed by atoms with Gasteiger partial charge in [0.25, 0.3) is 5.56 Å². The number of amides is 1. The smallest absolute Gasteiger partial charge is 0.410 e. The number of carbonyl (C=O) groups is 1. The van der Waals surface area contributed by atoms with Gasteiger partial charge in [0, 0.05) is 18.5 Å². The molecule has 1 atom stereocenters. The van der Waals surface area contributed by atoms with Crippen LogP contribution in [0.1, 0.15) is 61.4 Å². The monoisotopic (exact) mass is 546 g/mol. The molecule has 13 heteroatoms. The van der Waals surface area contributed by atoms with E-state index in [-0.39, 0.29) is 62.4 Å². The van der Waals surface area contributed by atoms with Crippen LogP contribution in [0.15, 0.2) is 35.1 Å². The Morgan fingerprint density at radius 1 is 1.08 bits per heavy atom. The maximum atomic E-state index is 13.4. The molecule has 1 unspecified atom stereocenters. The average molecular weight is 547 g/mol. The molecule has 1 saturated carbocycles. The predicted molar refractivity (Wildman–Crippen MR) is 125 cm³/mol. The van der Waals surface area contributed by atoms with Gasteiger partial charge in [0.15, 0.2) is 0 Å². The van der Waals surface area contributed by atoms with Crippen molar-refractivity contribution in [2.24, 2.45) is 5.92 Å². The second-order valence-corrected chi connectivity index (χ2v) is 9.72. The number of carbonyl (C=O) groups excluding carboxylic acids is 1. The van der Waals surface area contributed by atoms with Gasteiger partial charge in [-0.05, 0) is 44.1 Å². The summed E-state index contributed by atoms with van der Waals surface area (Å²) < 4.78 is 84.3. The molecule has 0 bridgehead atoms. The number of nitrogen functional groups attached to an aromatic ring is 1. The Balaban J connectivity index is 1.50. The van der Waals surface area contributed by atoms with Crippen molar-refractivity contribution in [3.63, 3.8) is 0 Å². The highest BCUT2D eigenvalue weighted by atomic mass is 19.4. The zero-order valence-electron chi connectivity index (χ0n) is 20.4. The van der Waals surface area contributed by atoms with Gasteiger partial charge < -0.3 is 15.4 Å². The molecule has 4 rings (SSSR count). The van der Waals surface area contributed by atoms with Crippen molar-refractivity contribution in [1.82, 2.24) is 14.5 Å². The minimum absolute atomic E-state index is 0.0815. The van der Waals surface area contributed by atoms with Crippen LogP contribution in [-0.4, -0.2) is 45.5 Å². The number of benzene rings is 1. The van der Waals surface area contributed by atoms with Gasteiger partial charge in [-0.3, -0.25) is 9.36 Å². The molecule has 2 aromatic rings. The lowest BCUT2D eigenvalue weighted by Gasteiger charge is -2.33. The molecule has 0 spiro atoms. The third-order valence-corrected chi connectivity index (χ3v) is 7.15. The van der Waals surface area contributed by atoms with E-state index in [1.807, 2.05) is 0 Å². The number of anilines is 1. The molecule has 38 heavy (non-hydrogen) atoms. The van der Waals surface area contributed by atoms with Crippen LogP contribution in [0.5, 0.6) is 0 Å². The van der Waals surface area contributed by atoms with Crippen LogP contribution in [0.25, 0.3) is 0 Å². The third kappa shape index (κ3) is 6.41. The second-order valence-electron chi connectivity index (χ2n) is 9.72. The standard InChI is InChI=1S/C25H28F6N4O3/c26-24(27,28)12-10-20(15-4-2-1-3-5-15)35-21(36)18-11-13-34(14-19(18)33-22(35)32)23(37)38-17-8-6-16(7-9-17)25(29,30)31/h1-5,16-17,20H,6-14H2,(H2,32,33)/t16-,17-,20?. The minimum atomic E-state index is -4.43. The van der Waals surface area contributed by atoms with E-state index in [2.05, 4.69) is 4.98 Å². The van der Waals surface area contributed by atoms with Crippen LogP contribution in [0.4, 0.5) is 37.1 Å². The Kier molecular flexibility index (Phi) is 7.93. The van der Waals surface area contributed by atoms with Crippen molar-refractivity contribution in [3.8, 4) is 0 Å². The van der Waals surface area contributed by atoms with E-state index < -0.39 is 54.9 Å². The molecule has 1 aliphatic carbocycles. The number of nitrogens with two attached hydrogens (primary N) is 1. The fourth-order valence-corrected chi connectivity index (χ4v) is 5.12. The molecule has 0 saturated heterocycles. The summed E-state index contributed by atoms with van der Waals surface area (Å²) in [4.78, 5) is 31.7. The summed E-state index contributed by atoms with van der Waals surface area (Å²) in [6.45, 7) is -0.0198. The number of hydrogen-bond donors (Lipinski definition) is 1. The highest BCUT2D eigenvalue weighted by Crippen LogP contribution is 2.38. The summed E-state index contributed by atoms with van der Waals surface area (Å²) in [7, 11) is 0. The summed E-state index contributed by atoms with van der Waals surface area (Å²) in [6.07, 6.45) is -11.5. The van der Waals surface area contributed by atoms with E-state index in [1.54, 1.807) is 30.3 Å². The van der Waals surface area contributed by atoms with Crippen LogP contribution in [0.3, 0.4) is 0 Å². The van der Waals surface area contributed by atoms with E-state index in [0.717, 1.165) is 4.57 Å². The molecular formula is C25H28F6N4O3. The normalized spacial score (nSPS) is 21.1. The zero-order valence-corrected chi connectivity index (χ0v) is 20.4. The zero-order chi connectivity index (χ0) is 27.7. The number of rotatable bonds is 5. The molecule has 1 fully saturated rings. The molecular weight excluding hydrogens is 518 g/mol. The van der Waals surface area contributed by atoms with Gasteiger partial charge in [-0.1, -0.05) is 30.3 Å². The topological polar surface area (TPSA) is 90.5 Å². The number of nitrogens with zero attached hydrogens (tertiary/aromatic N) is 3. The van der Waals surface area contributed by atoms with E-state index in [1.165, 1.54) is 4.90 Å². The van der Waals surface area contributed by atoms with Crippen molar-refractivity contribution in [2.45, 2.75) is 76.0 Å². The van der Waals surface area contributed by atoms with Crippen molar-refractivity contribution >= 4 is 12.0 Å². The van der Waals surface area contributed by atoms with Crippen LogP contribution in [0.2, 0.25) is 0 Å². The molecule has 1 aromatic carbocycles. The molecule has 2 heterocycles. The number of alkyl halides is 6. The highest BCUT2D eigenvalue weighted by Gasteiger charge is 2.42. The molecule has 208 valence electrons. The average Bonchev–Trinajstić information content (AvgIpc) is 2.85. The molecule has 1 aromatic heterocycles. The molecule has 1 aliphatic heterocycles. The van der Waals surface area contributed by atoms with Crippen molar-refractivity contribution in [1.29, 1.82) is 0 Å². The van der Waals surface area contributed by atoms with E-state index >= 15 is 0 Å². The Hall–Kier alpha value is -3.25. The Labute approximate surface area is 214 Å². The first-order valence-electron chi connectivity index (χ1n) is 12.4. The number of hydrogen-bond acceptors (Lipinski definition) is 5. The quantitative estimate of drug-likeness (QED) is 0.509. The molecule has 2 aliphatic rings. The number of fused-ring (bicyclic) bond motifs is 1. The minimum Gasteiger partial charge on any atom is -0.446 e. The fourth-order valence-electron chi connectivity index (χ4n) is 5.12. The molecule has 7 nitrogen and oxygen atoms in total. The lowest BCUT2D eigenvalue weighted by Crippen LogP contribution is -2.43. The van der Waals surface area contributed by atoms with Gasteiger partial charge in [-0.15, -0.1) is 0 Å². The Bertz CT molecular complexity index is 1190. The van der Waals surface area contributed by atoms with Crippen molar-refractivity contribution in [2.75, 3.05) is 12.3 Å². The van der Waals surface area contributed by atoms with Gasteiger partial charge in [0.2, 0.25) is 5.95 Å². The summed E-state index contributed by atoms with van der Waals surface area (Å²) >= 11 is 0. The van der Waals surface area contributed by atoms with Gasteiger partial charge >= 0.3 is 18.4 Å². The first-order valence-corrected chi connectivity index (χ1v) is 12.4. The first kappa shape index (κ1) is 27.8. The van der Waals surface area contributed by atoms with Crippen molar-refractivity contribution in [3.05, 3.63) is 57.5 Å². The third-order valence-electron chi connectivity index (χ3n) is 7.15. The summed E-state index contributed by atoms with van der Waals surface area (Å²) in [5.41, 5.74) is 6.47. The molecule has 2 N–H and O–H groups in total. The van der Waals surface area contributed by atoms with Crippen LogP contribution in [0, 0.1) is 5.92 Å². The number of halogens is 6. The van der Waals surface area contributed by atoms with Gasteiger partial charge in [-0.25, -0.2) is 9.78 Å². The maximum Gasteiger partial charge on any atom is 0.410 e. The van der Waals surface area contributed by atoms with E-state index in [4.69, 9.17) is 10.5 Å². The van der Waals surface area contributed by atoms with E-state index in [0.29, 0.717) is 5.56 Å². The number of ether oxygens (including phenoxy) is 1. The maximum absolute atomic E-state index is 13.4. The number of aromatic nitrogens is 2.